The molecule has 2 aliphatic carbocycles. The minimum atomic E-state index is 0.122. The molecule has 28 heavy (non-hydrogen) atoms. The predicted molar refractivity (Wildman–Crippen MR) is 110 cm³/mol. The molecule has 1 saturated heterocycles. The number of methoxy groups -OCH3 is 1. The van der Waals surface area contributed by atoms with Crippen LogP contribution in [0.25, 0.3) is 0 Å². The maximum Gasteiger partial charge on any atom is 0.224 e. The minimum absolute atomic E-state index is 0.122. The molecule has 2 aromatic carbocycles. The van der Waals surface area contributed by atoms with E-state index in [0.29, 0.717) is 5.91 Å². The minimum Gasteiger partial charge on any atom is -0.497 e. The first-order valence-electron chi connectivity index (χ1n) is 10.7. The zero-order chi connectivity index (χ0) is 19.2. The van der Waals surface area contributed by atoms with Crippen molar-refractivity contribution in [3.63, 3.8) is 0 Å². The number of ether oxygens (including phenoxy) is 1. The molecule has 0 bridgehead atoms. The third kappa shape index (κ3) is 2.52. The van der Waals surface area contributed by atoms with Gasteiger partial charge in [-0.05, 0) is 61.3 Å². The first-order valence-corrected chi connectivity index (χ1v) is 10.7. The number of carbonyl (C=O) groups is 1. The summed E-state index contributed by atoms with van der Waals surface area (Å²) in [6.45, 7) is 0.742. The Morgan fingerprint density at radius 3 is 2.61 bits per heavy atom. The highest BCUT2D eigenvalue weighted by molar-refractivity contribution is 5.84. The van der Waals surface area contributed by atoms with E-state index in [1.165, 1.54) is 30.4 Å². The molecular formula is C25H29NO2. The van der Waals surface area contributed by atoms with Crippen LogP contribution in [0.2, 0.25) is 0 Å². The smallest absolute Gasteiger partial charge is 0.224 e. The van der Waals surface area contributed by atoms with Crippen LogP contribution in [-0.2, 0) is 17.8 Å². The number of likely N-dealkylation sites (tertiary alicyclic amines) is 1. The molecule has 2 saturated carbocycles. The van der Waals surface area contributed by atoms with E-state index in [2.05, 4.69) is 47.4 Å². The molecule has 1 amide bonds. The zero-order valence-corrected chi connectivity index (χ0v) is 16.7. The van der Waals surface area contributed by atoms with Crippen molar-refractivity contribution < 1.29 is 9.53 Å². The Labute approximate surface area is 167 Å². The van der Waals surface area contributed by atoms with Crippen molar-refractivity contribution in [2.45, 2.75) is 57.0 Å². The van der Waals surface area contributed by atoms with E-state index in [1.807, 2.05) is 12.1 Å². The summed E-state index contributed by atoms with van der Waals surface area (Å²) >= 11 is 0. The van der Waals surface area contributed by atoms with Crippen molar-refractivity contribution in [2.24, 2.45) is 11.3 Å². The van der Waals surface area contributed by atoms with Crippen molar-refractivity contribution in [1.82, 2.24) is 4.90 Å². The quantitative estimate of drug-likeness (QED) is 0.682. The fourth-order valence-corrected chi connectivity index (χ4v) is 6.59. The van der Waals surface area contributed by atoms with Gasteiger partial charge in [0.05, 0.1) is 12.6 Å². The fraction of sp³-hybridized carbons (Fsp3) is 0.480. The number of hydrogen-bond donors (Lipinski definition) is 0. The van der Waals surface area contributed by atoms with Crippen LogP contribution in [0.1, 0.15) is 49.7 Å². The number of fused-ring (bicyclic) bond motifs is 1. The van der Waals surface area contributed by atoms with E-state index < -0.39 is 0 Å². The Morgan fingerprint density at radius 2 is 1.86 bits per heavy atom. The zero-order valence-electron chi connectivity index (χ0n) is 16.7. The van der Waals surface area contributed by atoms with Gasteiger partial charge in [0.15, 0.2) is 0 Å². The van der Waals surface area contributed by atoms with E-state index in [9.17, 15) is 4.79 Å². The number of amides is 1. The first-order chi connectivity index (χ1) is 13.7. The van der Waals surface area contributed by atoms with Crippen LogP contribution >= 0.6 is 0 Å². The van der Waals surface area contributed by atoms with Gasteiger partial charge in [0.2, 0.25) is 5.91 Å². The normalized spacial score (nSPS) is 30.2. The van der Waals surface area contributed by atoms with Gasteiger partial charge >= 0.3 is 0 Å². The molecule has 1 aliphatic heterocycles. The summed E-state index contributed by atoms with van der Waals surface area (Å²) in [5.74, 6) is 1.97. The van der Waals surface area contributed by atoms with Gasteiger partial charge in [0.25, 0.3) is 0 Å². The summed E-state index contributed by atoms with van der Waals surface area (Å²) in [6.07, 6.45) is 8.04. The maximum atomic E-state index is 13.0. The Hall–Kier alpha value is -2.29. The lowest BCUT2D eigenvalue weighted by atomic mass is 9.90. The summed E-state index contributed by atoms with van der Waals surface area (Å²) in [5, 5.41) is 0. The molecule has 0 N–H and O–H groups in total. The second-order valence-electron chi connectivity index (χ2n) is 8.87. The largest absolute Gasteiger partial charge is 0.497 e. The summed E-state index contributed by atoms with van der Waals surface area (Å²) in [5.41, 5.74) is 3.02. The van der Waals surface area contributed by atoms with Crippen LogP contribution < -0.4 is 4.74 Å². The lowest BCUT2D eigenvalue weighted by Gasteiger charge is -2.32. The number of hydrogen-bond acceptors (Lipinski definition) is 2. The molecule has 2 aromatic rings. The Morgan fingerprint density at radius 1 is 1.07 bits per heavy atom. The van der Waals surface area contributed by atoms with Crippen molar-refractivity contribution in [3.05, 3.63) is 65.7 Å². The highest BCUT2D eigenvalue weighted by atomic mass is 16.5. The van der Waals surface area contributed by atoms with E-state index in [0.717, 1.165) is 43.9 Å². The number of nitrogens with zero attached hydrogens (tertiary/aromatic N) is 1. The average molecular weight is 376 g/mol. The van der Waals surface area contributed by atoms with E-state index in [1.54, 1.807) is 7.11 Å². The average Bonchev–Trinajstić information content (AvgIpc) is 2.99. The second kappa shape index (κ2) is 6.65. The summed E-state index contributed by atoms with van der Waals surface area (Å²) < 4.78 is 5.28. The van der Waals surface area contributed by atoms with Gasteiger partial charge in [0, 0.05) is 18.4 Å². The van der Waals surface area contributed by atoms with Crippen molar-refractivity contribution in [1.29, 1.82) is 0 Å². The third-order valence-corrected chi connectivity index (χ3v) is 7.75. The standard InChI is InChI=1S/C25H29NO2/c1-28-21-13-11-20(12-14-21)18-26-23(27)17-24-15-6-10-22(24)25(24,26)16-5-9-19-7-3-2-4-8-19/h2-4,7-8,11-14,22H,5-6,9-10,15-18H2,1H3/t22-,24+,25+/m1/s1. The van der Waals surface area contributed by atoms with Gasteiger partial charge in [-0.1, -0.05) is 48.9 Å². The molecule has 1 heterocycles. The highest BCUT2D eigenvalue weighted by Gasteiger charge is 2.83. The molecule has 146 valence electrons. The second-order valence-corrected chi connectivity index (χ2v) is 8.87. The molecule has 0 aromatic heterocycles. The lowest BCUT2D eigenvalue weighted by molar-refractivity contribution is -0.132. The van der Waals surface area contributed by atoms with Gasteiger partial charge in [-0.25, -0.2) is 0 Å². The number of aryl methyl sites for hydroxylation is 1. The molecule has 1 spiro atoms. The van der Waals surface area contributed by atoms with Gasteiger partial charge in [-0.3, -0.25) is 4.79 Å². The van der Waals surface area contributed by atoms with Crippen molar-refractivity contribution >= 4 is 5.91 Å². The van der Waals surface area contributed by atoms with Crippen LogP contribution in [-0.4, -0.2) is 23.5 Å². The fourth-order valence-electron chi connectivity index (χ4n) is 6.59. The number of piperidine rings is 1. The highest BCUT2D eigenvalue weighted by Crippen LogP contribution is 2.80. The van der Waals surface area contributed by atoms with Crippen LogP contribution in [0.15, 0.2) is 54.6 Å². The summed E-state index contributed by atoms with van der Waals surface area (Å²) in [6, 6.07) is 19.0. The van der Waals surface area contributed by atoms with Crippen LogP contribution in [0, 0.1) is 11.3 Å². The van der Waals surface area contributed by atoms with Gasteiger partial charge in [-0.15, -0.1) is 0 Å². The summed E-state index contributed by atoms with van der Waals surface area (Å²) in [7, 11) is 1.69. The van der Waals surface area contributed by atoms with Crippen LogP contribution in [0.3, 0.4) is 0 Å². The lowest BCUT2D eigenvalue weighted by Crippen LogP contribution is -2.40. The van der Waals surface area contributed by atoms with E-state index in [4.69, 9.17) is 4.74 Å². The van der Waals surface area contributed by atoms with Crippen molar-refractivity contribution in [2.75, 3.05) is 7.11 Å². The van der Waals surface area contributed by atoms with Gasteiger partial charge < -0.3 is 9.64 Å². The molecule has 3 aliphatic rings. The number of benzene rings is 2. The monoisotopic (exact) mass is 375 g/mol. The van der Waals surface area contributed by atoms with E-state index in [-0.39, 0.29) is 11.0 Å². The third-order valence-electron chi connectivity index (χ3n) is 7.75. The molecule has 0 radical (unpaired) electrons. The van der Waals surface area contributed by atoms with Gasteiger partial charge in [0.1, 0.15) is 5.75 Å². The maximum absolute atomic E-state index is 13.0. The van der Waals surface area contributed by atoms with Crippen LogP contribution in [0.4, 0.5) is 0 Å². The molecule has 3 fully saturated rings. The Balaban J connectivity index is 1.35. The van der Waals surface area contributed by atoms with Crippen LogP contribution in [0.5, 0.6) is 5.75 Å². The van der Waals surface area contributed by atoms with Gasteiger partial charge in [-0.2, -0.15) is 0 Å². The number of rotatable bonds is 7. The summed E-state index contributed by atoms with van der Waals surface area (Å²) in [4.78, 5) is 15.3. The molecule has 0 unspecified atom stereocenters. The molecule has 3 heteroatoms. The topological polar surface area (TPSA) is 29.5 Å². The molecular weight excluding hydrogens is 346 g/mol. The SMILES string of the molecule is COc1ccc(CN2C(=O)C[C@@]34CCC[C@H]3[C@]24CCCc2ccccc2)cc1. The van der Waals surface area contributed by atoms with Crippen molar-refractivity contribution in [3.8, 4) is 5.75 Å². The predicted octanol–water partition coefficient (Wildman–Crippen LogP) is 4.99. The number of carbonyl (C=O) groups excluding carboxylic acids is 1. The Bertz CT molecular complexity index is 862. The first kappa shape index (κ1) is 17.8. The van der Waals surface area contributed by atoms with E-state index >= 15 is 0 Å². The molecule has 3 nitrogen and oxygen atoms in total. The molecule has 5 rings (SSSR count). The Kier molecular flexibility index (Phi) is 4.22. The molecule has 3 atom stereocenters.